The molecule has 0 unspecified atom stereocenters. The molecule has 0 radical (unpaired) electrons. The number of fused-ring (bicyclic) bond motifs is 1. The predicted octanol–water partition coefficient (Wildman–Crippen LogP) is 1.13. The molecule has 0 aliphatic carbocycles. The van der Waals surface area contributed by atoms with Crippen LogP contribution in [0.3, 0.4) is 0 Å². The minimum absolute atomic E-state index is 0.429. The molecule has 0 saturated carbocycles. The number of anilines is 1. The van der Waals surface area contributed by atoms with Crippen LogP contribution < -0.4 is 10.2 Å². The molecule has 78 valence electrons. The van der Waals surface area contributed by atoms with Crippen molar-refractivity contribution >= 4 is 5.82 Å². The van der Waals surface area contributed by atoms with Crippen molar-refractivity contribution in [2.75, 3.05) is 19.0 Å². The van der Waals surface area contributed by atoms with Crippen LogP contribution in [0.4, 0.5) is 5.82 Å². The summed E-state index contributed by atoms with van der Waals surface area (Å²) >= 11 is 0. The second kappa shape index (κ2) is 3.28. The summed E-state index contributed by atoms with van der Waals surface area (Å²) in [5, 5.41) is 7.95. The summed E-state index contributed by atoms with van der Waals surface area (Å²) in [6.45, 7) is 6.21. The van der Waals surface area contributed by atoms with Crippen LogP contribution in [-0.4, -0.2) is 23.9 Å². The summed E-state index contributed by atoms with van der Waals surface area (Å²) in [4.78, 5) is 2.15. The number of hydrogen-bond acceptors (Lipinski definition) is 3. The fourth-order valence-corrected chi connectivity index (χ4v) is 1.97. The molecule has 1 aliphatic rings. The van der Waals surface area contributed by atoms with Gasteiger partial charge in [-0.1, -0.05) is 0 Å². The summed E-state index contributed by atoms with van der Waals surface area (Å²) < 4.78 is 2.12. The van der Waals surface area contributed by atoms with Gasteiger partial charge in [-0.25, -0.2) is 4.68 Å². The Morgan fingerprint density at radius 2 is 2.07 bits per heavy atom. The number of hydrogen-bond donors (Lipinski definition) is 1. The van der Waals surface area contributed by atoms with Gasteiger partial charge in [0.15, 0.2) is 0 Å². The molecule has 1 aromatic rings. The Balaban J connectivity index is 2.51. The second-order valence-corrected chi connectivity index (χ2v) is 4.29. The topological polar surface area (TPSA) is 33.1 Å². The summed E-state index contributed by atoms with van der Waals surface area (Å²) in [6.07, 6.45) is 0. The van der Waals surface area contributed by atoms with E-state index in [2.05, 4.69) is 47.9 Å². The van der Waals surface area contributed by atoms with Gasteiger partial charge >= 0.3 is 0 Å². The van der Waals surface area contributed by atoms with Gasteiger partial charge in [-0.15, -0.1) is 0 Å². The number of aromatic nitrogens is 2. The first kappa shape index (κ1) is 9.52. The molecule has 0 atom stereocenters. The molecular weight excluding hydrogens is 176 g/mol. The zero-order valence-electron chi connectivity index (χ0n) is 9.33. The largest absolute Gasteiger partial charge is 0.363 e. The third-order valence-electron chi connectivity index (χ3n) is 2.57. The van der Waals surface area contributed by atoms with E-state index in [1.165, 1.54) is 17.1 Å². The van der Waals surface area contributed by atoms with E-state index in [1.54, 1.807) is 0 Å². The van der Waals surface area contributed by atoms with Crippen molar-refractivity contribution in [3.63, 3.8) is 0 Å². The van der Waals surface area contributed by atoms with Crippen LogP contribution in [0.1, 0.15) is 31.1 Å². The Labute approximate surface area is 84.9 Å². The van der Waals surface area contributed by atoms with Gasteiger partial charge in [0.2, 0.25) is 0 Å². The van der Waals surface area contributed by atoms with Crippen molar-refractivity contribution in [3.8, 4) is 0 Å². The minimum atomic E-state index is 0.429. The molecule has 1 aliphatic heterocycles. The molecular formula is C10H18N4. The number of rotatable bonds is 2. The van der Waals surface area contributed by atoms with Gasteiger partial charge in [0.05, 0.1) is 5.69 Å². The molecule has 0 fully saturated rings. The molecule has 4 nitrogen and oxygen atoms in total. The molecule has 14 heavy (non-hydrogen) atoms. The van der Waals surface area contributed by atoms with Crippen molar-refractivity contribution in [1.29, 1.82) is 0 Å². The normalized spacial score (nSPS) is 14.9. The van der Waals surface area contributed by atoms with E-state index in [0.717, 1.165) is 13.1 Å². The average molecular weight is 194 g/mol. The van der Waals surface area contributed by atoms with Crippen LogP contribution in [0.5, 0.6) is 0 Å². The molecule has 1 N–H and O–H groups in total. The van der Waals surface area contributed by atoms with Gasteiger partial charge in [0.25, 0.3) is 0 Å². The maximum absolute atomic E-state index is 4.62. The maximum Gasteiger partial charge on any atom is 0.131 e. The van der Waals surface area contributed by atoms with Crippen molar-refractivity contribution in [1.82, 2.24) is 15.1 Å². The molecule has 4 heteroatoms. The first-order chi connectivity index (χ1) is 6.61. The Bertz CT molecular complexity index is 338. The van der Waals surface area contributed by atoms with Crippen LogP contribution in [-0.2, 0) is 13.1 Å². The third kappa shape index (κ3) is 1.30. The van der Waals surface area contributed by atoms with Gasteiger partial charge in [-0.05, 0) is 13.8 Å². The van der Waals surface area contributed by atoms with Gasteiger partial charge < -0.3 is 10.2 Å². The lowest BCUT2D eigenvalue weighted by Gasteiger charge is -2.19. The summed E-state index contributed by atoms with van der Waals surface area (Å²) in [7, 11) is 4.16. The molecule has 1 aromatic heterocycles. The monoisotopic (exact) mass is 194 g/mol. The zero-order chi connectivity index (χ0) is 10.3. The van der Waals surface area contributed by atoms with Crippen molar-refractivity contribution in [2.45, 2.75) is 33.0 Å². The highest BCUT2D eigenvalue weighted by Crippen LogP contribution is 2.28. The predicted molar refractivity (Wildman–Crippen MR) is 57.5 cm³/mol. The van der Waals surface area contributed by atoms with E-state index < -0.39 is 0 Å². The summed E-state index contributed by atoms with van der Waals surface area (Å²) in [6, 6.07) is 0.429. The minimum Gasteiger partial charge on any atom is -0.363 e. The van der Waals surface area contributed by atoms with Gasteiger partial charge in [-0.3, -0.25) is 0 Å². The van der Waals surface area contributed by atoms with Crippen LogP contribution in [0.15, 0.2) is 0 Å². The Morgan fingerprint density at radius 1 is 1.36 bits per heavy atom. The van der Waals surface area contributed by atoms with E-state index in [9.17, 15) is 0 Å². The lowest BCUT2D eigenvalue weighted by Crippen LogP contribution is -2.19. The maximum atomic E-state index is 4.62. The number of nitrogens with one attached hydrogen (secondary N) is 1. The van der Waals surface area contributed by atoms with E-state index in [-0.39, 0.29) is 0 Å². The first-order valence-corrected chi connectivity index (χ1v) is 5.09. The average Bonchev–Trinajstić information content (AvgIpc) is 2.58. The van der Waals surface area contributed by atoms with E-state index in [1.807, 2.05) is 0 Å². The molecule has 0 amide bonds. The standard InChI is InChI=1S/C10H18N4/c1-7(2)14-10(13(3)4)8-5-11-6-9(8)12-14/h7,11H,5-6H2,1-4H3. The molecule has 2 rings (SSSR count). The molecule has 2 heterocycles. The quantitative estimate of drug-likeness (QED) is 0.766. The van der Waals surface area contributed by atoms with Crippen LogP contribution in [0.2, 0.25) is 0 Å². The molecule has 0 aromatic carbocycles. The number of nitrogens with zero attached hydrogens (tertiary/aromatic N) is 3. The molecule has 0 bridgehead atoms. The van der Waals surface area contributed by atoms with Gasteiger partial charge in [-0.2, -0.15) is 5.10 Å². The lowest BCUT2D eigenvalue weighted by molar-refractivity contribution is 0.520. The smallest absolute Gasteiger partial charge is 0.131 e. The second-order valence-electron chi connectivity index (χ2n) is 4.29. The van der Waals surface area contributed by atoms with Crippen molar-refractivity contribution in [3.05, 3.63) is 11.3 Å². The summed E-state index contributed by atoms with van der Waals surface area (Å²) in [5.41, 5.74) is 2.58. The zero-order valence-corrected chi connectivity index (χ0v) is 9.33. The SMILES string of the molecule is CC(C)n1nc2c(c1N(C)C)CNC2. The Morgan fingerprint density at radius 3 is 2.64 bits per heavy atom. The van der Waals surface area contributed by atoms with E-state index in [0.29, 0.717) is 6.04 Å². The highest BCUT2D eigenvalue weighted by molar-refractivity contribution is 5.51. The van der Waals surface area contributed by atoms with Crippen molar-refractivity contribution < 1.29 is 0 Å². The lowest BCUT2D eigenvalue weighted by atomic mass is 10.2. The highest BCUT2D eigenvalue weighted by atomic mass is 15.4. The van der Waals surface area contributed by atoms with Crippen LogP contribution >= 0.6 is 0 Å². The Kier molecular flexibility index (Phi) is 2.23. The summed E-state index contributed by atoms with van der Waals surface area (Å²) in [5.74, 6) is 1.25. The van der Waals surface area contributed by atoms with Crippen molar-refractivity contribution in [2.24, 2.45) is 0 Å². The fourth-order valence-electron chi connectivity index (χ4n) is 1.97. The van der Waals surface area contributed by atoms with E-state index >= 15 is 0 Å². The van der Waals surface area contributed by atoms with Gasteiger partial charge in [0, 0.05) is 38.8 Å². The molecule has 0 saturated heterocycles. The van der Waals surface area contributed by atoms with Crippen LogP contribution in [0, 0.1) is 0 Å². The molecule has 0 spiro atoms. The van der Waals surface area contributed by atoms with Crippen LogP contribution in [0.25, 0.3) is 0 Å². The highest BCUT2D eigenvalue weighted by Gasteiger charge is 2.23. The fraction of sp³-hybridized carbons (Fsp3) is 0.700. The first-order valence-electron chi connectivity index (χ1n) is 5.09. The van der Waals surface area contributed by atoms with E-state index in [4.69, 9.17) is 0 Å². The van der Waals surface area contributed by atoms with Gasteiger partial charge in [0.1, 0.15) is 5.82 Å². The Hall–Kier alpha value is -1.03. The third-order valence-corrected chi connectivity index (χ3v) is 2.57.